The Bertz CT molecular complexity index is 438. The number of nitrogens with zero attached hydrogens (tertiary/aromatic N) is 1. The minimum atomic E-state index is 0.385. The molecule has 18 heavy (non-hydrogen) atoms. The molecule has 0 radical (unpaired) electrons. The van der Waals surface area contributed by atoms with E-state index in [4.69, 9.17) is 0 Å². The molecule has 2 aliphatic rings. The van der Waals surface area contributed by atoms with Crippen LogP contribution in [0.25, 0.3) is 0 Å². The lowest BCUT2D eigenvalue weighted by Gasteiger charge is -2.38. The number of hydrogen-bond donors (Lipinski definition) is 2. The number of rotatable bonds is 0. The average Bonchev–Trinajstić information content (AvgIpc) is 2.49. The lowest BCUT2D eigenvalue weighted by Crippen LogP contribution is -2.40. The van der Waals surface area contributed by atoms with Crippen LogP contribution < -0.4 is 10.2 Å². The van der Waals surface area contributed by atoms with Crippen LogP contribution in [0.15, 0.2) is 18.2 Å². The fraction of sp³-hybridized carbons (Fsp3) is 0.600. The van der Waals surface area contributed by atoms with Gasteiger partial charge in [-0.15, -0.1) is 0 Å². The van der Waals surface area contributed by atoms with Gasteiger partial charge in [-0.1, -0.05) is 25.3 Å². The summed E-state index contributed by atoms with van der Waals surface area (Å²) < 4.78 is 0. The molecule has 3 rings (SSSR count). The number of fused-ring (bicyclic) bond motifs is 1. The summed E-state index contributed by atoms with van der Waals surface area (Å²) in [5.41, 5.74) is 2.42. The molecule has 0 saturated heterocycles. The number of phenols is 1. The molecule has 1 saturated carbocycles. The Morgan fingerprint density at radius 3 is 2.78 bits per heavy atom. The summed E-state index contributed by atoms with van der Waals surface area (Å²) in [6.45, 7) is 2.08. The van der Waals surface area contributed by atoms with Gasteiger partial charge in [0.2, 0.25) is 0 Å². The van der Waals surface area contributed by atoms with E-state index in [-0.39, 0.29) is 0 Å². The molecule has 1 aromatic carbocycles. The smallest absolute Gasteiger partial charge is 0.141 e. The zero-order valence-corrected chi connectivity index (χ0v) is 11.1. The maximum atomic E-state index is 10.1. The lowest BCUT2D eigenvalue weighted by molar-refractivity contribution is 0.215. The highest BCUT2D eigenvalue weighted by molar-refractivity contribution is 5.77. The van der Waals surface area contributed by atoms with E-state index in [1.807, 2.05) is 6.07 Å². The maximum Gasteiger partial charge on any atom is 0.141 e. The first kappa shape index (κ1) is 11.7. The number of para-hydroxylation sites is 1. The number of hydrogen-bond acceptors (Lipinski definition) is 3. The Morgan fingerprint density at radius 1 is 1.22 bits per heavy atom. The van der Waals surface area contributed by atoms with Crippen molar-refractivity contribution in [3.63, 3.8) is 0 Å². The molecule has 1 aliphatic heterocycles. The molecule has 1 fully saturated rings. The van der Waals surface area contributed by atoms with Gasteiger partial charge in [-0.2, -0.15) is 0 Å². The van der Waals surface area contributed by atoms with Gasteiger partial charge in [0.05, 0.1) is 5.69 Å². The lowest BCUT2D eigenvalue weighted by atomic mass is 9.74. The zero-order chi connectivity index (χ0) is 12.6. The molecule has 3 nitrogen and oxygen atoms in total. The SMILES string of the molecule is CN1CC2(CCCCC2)CNc2cccc(O)c21. The zero-order valence-electron chi connectivity index (χ0n) is 11.1. The molecule has 98 valence electrons. The van der Waals surface area contributed by atoms with Crippen LogP contribution in [-0.2, 0) is 0 Å². The van der Waals surface area contributed by atoms with Crippen molar-refractivity contribution in [2.24, 2.45) is 5.41 Å². The second kappa shape index (κ2) is 4.38. The Balaban J connectivity index is 1.93. The molecule has 0 atom stereocenters. The summed E-state index contributed by atoms with van der Waals surface area (Å²) in [6, 6.07) is 5.75. The van der Waals surface area contributed by atoms with Crippen LogP contribution in [0.4, 0.5) is 11.4 Å². The van der Waals surface area contributed by atoms with E-state index in [0.29, 0.717) is 11.2 Å². The predicted molar refractivity (Wildman–Crippen MR) is 75.4 cm³/mol. The number of benzene rings is 1. The first-order valence-corrected chi connectivity index (χ1v) is 6.97. The monoisotopic (exact) mass is 246 g/mol. The van der Waals surface area contributed by atoms with Crippen molar-refractivity contribution < 1.29 is 5.11 Å². The second-order valence-electron chi connectivity index (χ2n) is 5.94. The van der Waals surface area contributed by atoms with E-state index in [1.165, 1.54) is 32.1 Å². The minimum absolute atomic E-state index is 0.385. The molecule has 1 aromatic rings. The number of anilines is 2. The van der Waals surface area contributed by atoms with Crippen LogP contribution in [0.3, 0.4) is 0 Å². The summed E-state index contributed by atoms with van der Waals surface area (Å²) in [5, 5.41) is 13.6. The summed E-state index contributed by atoms with van der Waals surface area (Å²) in [7, 11) is 2.10. The fourth-order valence-corrected chi connectivity index (χ4v) is 3.63. The standard InChI is InChI=1S/C15H22N2O/c1-17-11-15(8-3-2-4-9-15)10-16-12-6-5-7-13(18)14(12)17/h5-7,16,18H,2-4,8-11H2,1H3. The summed E-state index contributed by atoms with van der Waals surface area (Å²) in [5.74, 6) is 0.385. The normalized spacial score (nSPS) is 22.2. The van der Waals surface area contributed by atoms with Crippen molar-refractivity contribution in [2.45, 2.75) is 32.1 Å². The molecular weight excluding hydrogens is 224 g/mol. The molecule has 0 unspecified atom stereocenters. The number of nitrogens with one attached hydrogen (secondary N) is 1. The second-order valence-corrected chi connectivity index (χ2v) is 5.94. The van der Waals surface area contributed by atoms with Crippen LogP contribution in [0.5, 0.6) is 5.75 Å². The summed E-state index contributed by atoms with van der Waals surface area (Å²) >= 11 is 0. The average molecular weight is 246 g/mol. The van der Waals surface area contributed by atoms with E-state index >= 15 is 0 Å². The molecule has 1 aliphatic carbocycles. The molecule has 1 spiro atoms. The third-order valence-electron chi connectivity index (χ3n) is 4.54. The highest BCUT2D eigenvalue weighted by atomic mass is 16.3. The fourth-order valence-electron chi connectivity index (χ4n) is 3.63. The van der Waals surface area contributed by atoms with Crippen LogP contribution >= 0.6 is 0 Å². The Hall–Kier alpha value is -1.38. The van der Waals surface area contributed by atoms with Crippen molar-refractivity contribution in [3.05, 3.63) is 18.2 Å². The van der Waals surface area contributed by atoms with Crippen molar-refractivity contribution >= 4 is 11.4 Å². The van der Waals surface area contributed by atoms with E-state index in [2.05, 4.69) is 23.3 Å². The molecule has 3 heteroatoms. The largest absolute Gasteiger partial charge is 0.506 e. The molecule has 2 N–H and O–H groups in total. The number of aromatic hydroxyl groups is 1. The van der Waals surface area contributed by atoms with E-state index in [9.17, 15) is 5.11 Å². The van der Waals surface area contributed by atoms with E-state index < -0.39 is 0 Å². The Morgan fingerprint density at radius 2 is 2.00 bits per heavy atom. The van der Waals surface area contributed by atoms with Gasteiger partial charge in [-0.05, 0) is 25.0 Å². The number of phenolic OH excluding ortho intramolecular Hbond substituents is 1. The van der Waals surface area contributed by atoms with Gasteiger partial charge in [0.25, 0.3) is 0 Å². The van der Waals surface area contributed by atoms with Gasteiger partial charge in [0.1, 0.15) is 11.4 Å². The van der Waals surface area contributed by atoms with E-state index in [1.54, 1.807) is 6.07 Å². The molecule has 0 bridgehead atoms. The maximum absolute atomic E-state index is 10.1. The Labute approximate surface area is 109 Å². The van der Waals surface area contributed by atoms with Gasteiger partial charge in [0, 0.05) is 25.6 Å². The Kier molecular flexibility index (Phi) is 2.84. The minimum Gasteiger partial charge on any atom is -0.506 e. The van der Waals surface area contributed by atoms with Crippen LogP contribution in [0.2, 0.25) is 0 Å². The molecule has 1 heterocycles. The predicted octanol–water partition coefficient (Wildman–Crippen LogP) is 3.20. The first-order valence-electron chi connectivity index (χ1n) is 6.97. The van der Waals surface area contributed by atoms with Crippen LogP contribution in [-0.4, -0.2) is 25.2 Å². The van der Waals surface area contributed by atoms with Gasteiger partial charge in [-0.3, -0.25) is 0 Å². The third kappa shape index (κ3) is 1.92. The summed E-state index contributed by atoms with van der Waals surface area (Å²) in [4.78, 5) is 2.23. The van der Waals surface area contributed by atoms with Gasteiger partial charge in [-0.25, -0.2) is 0 Å². The summed E-state index contributed by atoms with van der Waals surface area (Å²) in [6.07, 6.45) is 6.68. The first-order chi connectivity index (χ1) is 8.70. The van der Waals surface area contributed by atoms with Gasteiger partial charge < -0.3 is 15.3 Å². The topological polar surface area (TPSA) is 35.5 Å². The third-order valence-corrected chi connectivity index (χ3v) is 4.54. The highest BCUT2D eigenvalue weighted by Crippen LogP contribution is 2.44. The van der Waals surface area contributed by atoms with Crippen molar-refractivity contribution in [1.29, 1.82) is 0 Å². The van der Waals surface area contributed by atoms with E-state index in [0.717, 1.165) is 24.5 Å². The molecular formula is C15H22N2O. The van der Waals surface area contributed by atoms with Crippen molar-refractivity contribution in [2.75, 3.05) is 30.4 Å². The van der Waals surface area contributed by atoms with Crippen LogP contribution in [0.1, 0.15) is 32.1 Å². The van der Waals surface area contributed by atoms with Crippen molar-refractivity contribution in [1.82, 2.24) is 0 Å². The van der Waals surface area contributed by atoms with Crippen LogP contribution in [0, 0.1) is 5.41 Å². The van der Waals surface area contributed by atoms with Crippen molar-refractivity contribution in [3.8, 4) is 5.75 Å². The highest BCUT2D eigenvalue weighted by Gasteiger charge is 2.36. The van der Waals surface area contributed by atoms with Gasteiger partial charge >= 0.3 is 0 Å². The van der Waals surface area contributed by atoms with Gasteiger partial charge in [0.15, 0.2) is 0 Å². The molecule has 0 amide bonds. The quantitative estimate of drug-likeness (QED) is 0.738. The molecule has 0 aromatic heterocycles.